The van der Waals surface area contributed by atoms with Crippen LogP contribution in [0.5, 0.6) is 0 Å². The second-order valence-corrected chi connectivity index (χ2v) is 2.92. The monoisotopic (exact) mass is 176 g/mol. The fourth-order valence-electron chi connectivity index (χ4n) is 0.998. The molecule has 0 aliphatic carbocycles. The lowest BCUT2D eigenvalue weighted by molar-refractivity contribution is -0.0596. The fourth-order valence-corrected chi connectivity index (χ4v) is 0.998. The summed E-state index contributed by atoms with van der Waals surface area (Å²) in [6.45, 7) is 4.49. The number of aliphatic hydroxyl groups is 2. The van der Waals surface area contributed by atoms with Gasteiger partial charge in [0.1, 0.15) is 6.10 Å². The summed E-state index contributed by atoms with van der Waals surface area (Å²) in [6, 6.07) is 0. The molecular weight excluding hydrogens is 156 g/mol. The minimum absolute atomic E-state index is 0.207. The third-order valence-electron chi connectivity index (χ3n) is 1.85. The Morgan fingerprint density at radius 3 is 2.42 bits per heavy atom. The minimum atomic E-state index is -0.730. The van der Waals surface area contributed by atoms with E-state index in [4.69, 9.17) is 9.84 Å². The molecule has 3 nitrogen and oxygen atoms in total. The molecule has 0 aromatic rings. The molecule has 0 aliphatic rings. The van der Waals surface area contributed by atoms with E-state index in [2.05, 4.69) is 6.92 Å². The van der Waals surface area contributed by atoms with Gasteiger partial charge in [0.15, 0.2) is 0 Å². The Labute approximate surface area is 74.4 Å². The van der Waals surface area contributed by atoms with Gasteiger partial charge >= 0.3 is 0 Å². The molecule has 0 amide bonds. The molecule has 0 aromatic carbocycles. The van der Waals surface area contributed by atoms with Crippen LogP contribution in [-0.4, -0.2) is 35.6 Å². The summed E-state index contributed by atoms with van der Waals surface area (Å²) in [6.07, 6.45) is 1.90. The molecule has 0 spiro atoms. The second kappa shape index (κ2) is 7.53. The van der Waals surface area contributed by atoms with Crippen LogP contribution in [0.3, 0.4) is 0 Å². The number of ether oxygens (including phenoxy) is 1. The summed E-state index contributed by atoms with van der Waals surface area (Å²) in [4.78, 5) is 0. The lowest BCUT2D eigenvalue weighted by Crippen LogP contribution is -2.31. The first-order chi connectivity index (χ1) is 5.76. The zero-order chi connectivity index (χ0) is 9.40. The Hall–Kier alpha value is -0.120. The molecule has 0 fully saturated rings. The smallest absolute Gasteiger partial charge is 0.103 e. The second-order valence-electron chi connectivity index (χ2n) is 2.92. The maximum Gasteiger partial charge on any atom is 0.103 e. The number of aliphatic hydroxyl groups excluding tert-OH is 2. The summed E-state index contributed by atoms with van der Waals surface area (Å²) in [5, 5.41) is 17.9. The van der Waals surface area contributed by atoms with Crippen LogP contribution in [0.4, 0.5) is 0 Å². The van der Waals surface area contributed by atoms with Gasteiger partial charge in [0.2, 0.25) is 0 Å². The first kappa shape index (κ1) is 11.9. The molecule has 12 heavy (non-hydrogen) atoms. The van der Waals surface area contributed by atoms with Gasteiger partial charge in [-0.15, -0.1) is 0 Å². The number of hydrogen-bond donors (Lipinski definition) is 2. The highest BCUT2D eigenvalue weighted by atomic mass is 16.5. The van der Waals surface area contributed by atoms with E-state index in [0.29, 0.717) is 6.61 Å². The van der Waals surface area contributed by atoms with Crippen molar-refractivity contribution in [2.24, 2.45) is 0 Å². The highest BCUT2D eigenvalue weighted by Gasteiger charge is 2.16. The zero-order valence-corrected chi connectivity index (χ0v) is 7.99. The number of unbranched alkanes of at least 4 members (excludes halogenated alkanes) is 1. The van der Waals surface area contributed by atoms with Crippen molar-refractivity contribution in [3.05, 3.63) is 0 Å². The van der Waals surface area contributed by atoms with E-state index in [9.17, 15) is 5.11 Å². The van der Waals surface area contributed by atoms with Gasteiger partial charge in [-0.1, -0.05) is 20.3 Å². The molecule has 0 aliphatic heterocycles. The molecule has 2 unspecified atom stereocenters. The van der Waals surface area contributed by atoms with Crippen LogP contribution in [0.15, 0.2) is 0 Å². The molecule has 3 heteroatoms. The van der Waals surface area contributed by atoms with Crippen LogP contribution in [0.2, 0.25) is 0 Å². The Kier molecular flexibility index (Phi) is 7.45. The van der Waals surface area contributed by atoms with Crippen molar-refractivity contribution in [2.45, 2.75) is 45.3 Å². The van der Waals surface area contributed by atoms with Crippen LogP contribution < -0.4 is 0 Å². The Morgan fingerprint density at radius 2 is 2.00 bits per heavy atom. The van der Waals surface area contributed by atoms with Gasteiger partial charge < -0.3 is 14.9 Å². The van der Waals surface area contributed by atoms with Crippen LogP contribution in [0, 0.1) is 0 Å². The van der Waals surface area contributed by atoms with Crippen LogP contribution in [0.1, 0.15) is 33.1 Å². The highest BCUT2D eigenvalue weighted by Crippen LogP contribution is 2.05. The molecule has 0 saturated carbocycles. The van der Waals surface area contributed by atoms with Gasteiger partial charge in [-0.3, -0.25) is 0 Å². The fraction of sp³-hybridized carbons (Fsp3) is 1.00. The average Bonchev–Trinajstić information content (AvgIpc) is 2.11. The molecular formula is C9H20O3. The predicted octanol–water partition coefficient (Wildman–Crippen LogP) is 0.935. The van der Waals surface area contributed by atoms with Crippen molar-refractivity contribution in [3.63, 3.8) is 0 Å². The largest absolute Gasteiger partial charge is 0.394 e. The zero-order valence-electron chi connectivity index (χ0n) is 7.99. The van der Waals surface area contributed by atoms with Crippen molar-refractivity contribution >= 4 is 0 Å². The topological polar surface area (TPSA) is 49.7 Å². The predicted molar refractivity (Wildman–Crippen MR) is 48.0 cm³/mol. The maximum atomic E-state index is 9.24. The molecule has 0 bridgehead atoms. The third kappa shape index (κ3) is 4.70. The van der Waals surface area contributed by atoms with Crippen LogP contribution in [0.25, 0.3) is 0 Å². The van der Waals surface area contributed by atoms with E-state index >= 15 is 0 Å². The summed E-state index contributed by atoms with van der Waals surface area (Å²) < 4.78 is 5.37. The quantitative estimate of drug-likeness (QED) is 0.567. The van der Waals surface area contributed by atoms with Crippen LogP contribution >= 0.6 is 0 Å². The highest BCUT2D eigenvalue weighted by molar-refractivity contribution is 4.65. The normalized spacial score (nSPS) is 16.0. The van der Waals surface area contributed by atoms with Crippen LogP contribution in [-0.2, 0) is 4.74 Å². The lowest BCUT2D eigenvalue weighted by Gasteiger charge is -2.20. The minimum Gasteiger partial charge on any atom is -0.394 e. The Bertz CT molecular complexity index is 95.8. The van der Waals surface area contributed by atoms with Crippen molar-refractivity contribution in [1.82, 2.24) is 0 Å². The average molecular weight is 176 g/mol. The van der Waals surface area contributed by atoms with Crippen molar-refractivity contribution < 1.29 is 14.9 Å². The first-order valence-corrected chi connectivity index (χ1v) is 4.66. The molecule has 2 atom stereocenters. The summed E-state index contributed by atoms with van der Waals surface area (Å²) in [5.41, 5.74) is 0. The van der Waals surface area contributed by atoms with Gasteiger partial charge in [0.25, 0.3) is 0 Å². The maximum absolute atomic E-state index is 9.24. The number of hydrogen-bond acceptors (Lipinski definition) is 3. The molecule has 74 valence electrons. The summed E-state index contributed by atoms with van der Waals surface area (Å²) in [7, 11) is 0. The Balaban J connectivity index is 3.52. The molecule has 0 saturated heterocycles. The molecule has 0 heterocycles. The lowest BCUT2D eigenvalue weighted by atomic mass is 10.1. The van der Waals surface area contributed by atoms with E-state index in [-0.39, 0.29) is 12.7 Å². The van der Waals surface area contributed by atoms with Gasteiger partial charge in [-0.05, 0) is 12.8 Å². The van der Waals surface area contributed by atoms with E-state index in [1.807, 2.05) is 6.92 Å². The Morgan fingerprint density at radius 1 is 1.33 bits per heavy atom. The van der Waals surface area contributed by atoms with E-state index < -0.39 is 6.10 Å². The van der Waals surface area contributed by atoms with Crippen molar-refractivity contribution in [1.29, 1.82) is 0 Å². The standard InChI is InChI=1S/C9H20O3/c1-3-5-6-12-9(4-2)8(11)7-10/h8-11H,3-7H2,1-2H3. The molecule has 2 N–H and O–H groups in total. The van der Waals surface area contributed by atoms with E-state index in [0.717, 1.165) is 19.3 Å². The summed E-state index contributed by atoms with van der Waals surface area (Å²) >= 11 is 0. The van der Waals surface area contributed by atoms with Crippen molar-refractivity contribution in [3.8, 4) is 0 Å². The number of rotatable bonds is 7. The molecule has 0 aromatic heterocycles. The molecule has 0 radical (unpaired) electrons. The SMILES string of the molecule is CCCCOC(CC)C(O)CO. The van der Waals surface area contributed by atoms with Crippen molar-refractivity contribution in [2.75, 3.05) is 13.2 Å². The van der Waals surface area contributed by atoms with E-state index in [1.54, 1.807) is 0 Å². The van der Waals surface area contributed by atoms with Gasteiger partial charge in [-0.2, -0.15) is 0 Å². The third-order valence-corrected chi connectivity index (χ3v) is 1.85. The van der Waals surface area contributed by atoms with Gasteiger partial charge in [0.05, 0.1) is 12.7 Å². The summed E-state index contributed by atoms with van der Waals surface area (Å²) in [5.74, 6) is 0. The van der Waals surface area contributed by atoms with Gasteiger partial charge in [-0.25, -0.2) is 0 Å². The van der Waals surface area contributed by atoms with Gasteiger partial charge in [0, 0.05) is 6.61 Å². The first-order valence-electron chi connectivity index (χ1n) is 4.66. The molecule has 0 rings (SSSR count). The van der Waals surface area contributed by atoms with E-state index in [1.165, 1.54) is 0 Å².